The van der Waals surface area contributed by atoms with Crippen LogP contribution in [0, 0.1) is 6.92 Å². The molecule has 10 heavy (non-hydrogen) atoms. The Morgan fingerprint density at radius 2 is 2.10 bits per heavy atom. The molecule has 0 aromatic carbocycles. The highest BCUT2D eigenvalue weighted by atomic mass is 32.2. The Morgan fingerprint density at radius 1 is 1.60 bits per heavy atom. The molecule has 0 unspecified atom stereocenters. The van der Waals surface area contributed by atoms with Crippen molar-refractivity contribution in [2.24, 2.45) is 0 Å². The largest absolute Gasteiger partial charge is 0.274 e. The van der Waals surface area contributed by atoms with Crippen molar-refractivity contribution in [1.29, 1.82) is 0 Å². The quantitative estimate of drug-likeness (QED) is 0.621. The van der Waals surface area contributed by atoms with Crippen LogP contribution in [0.3, 0.4) is 0 Å². The van der Waals surface area contributed by atoms with Crippen molar-refractivity contribution in [3.63, 3.8) is 0 Å². The standard InChI is InChI=1S/C5H10NO3S/c1-3-5(7)6-10(8,9)4-2/h1,3-4H2,2H3,(H,6,7). The number of nitrogens with one attached hydrogen (secondary N) is 1. The molecule has 1 N–H and O–H groups in total. The molecule has 0 aliphatic heterocycles. The van der Waals surface area contributed by atoms with Gasteiger partial charge in [0.25, 0.3) is 0 Å². The average Bonchev–Trinajstić information content (AvgIpc) is 1.87. The van der Waals surface area contributed by atoms with Gasteiger partial charge in [0.05, 0.1) is 5.75 Å². The molecule has 59 valence electrons. The van der Waals surface area contributed by atoms with Crippen molar-refractivity contribution in [3.8, 4) is 0 Å². The predicted molar refractivity (Wildman–Crippen MR) is 37.6 cm³/mol. The fraction of sp³-hybridized carbons (Fsp3) is 0.600. The summed E-state index contributed by atoms with van der Waals surface area (Å²) in [6.07, 6.45) is -0.0563. The zero-order valence-electron chi connectivity index (χ0n) is 5.75. The minimum Gasteiger partial charge on any atom is -0.274 e. The van der Waals surface area contributed by atoms with E-state index in [9.17, 15) is 13.2 Å². The van der Waals surface area contributed by atoms with Crippen LogP contribution in [0.25, 0.3) is 0 Å². The highest BCUT2D eigenvalue weighted by Gasteiger charge is 2.08. The summed E-state index contributed by atoms with van der Waals surface area (Å²) in [5.74, 6) is -0.652. The second-order valence-corrected chi connectivity index (χ2v) is 3.69. The smallest absolute Gasteiger partial charge is 0.234 e. The van der Waals surface area contributed by atoms with Crippen LogP contribution < -0.4 is 4.72 Å². The lowest BCUT2D eigenvalue weighted by Crippen LogP contribution is -2.30. The fourth-order valence-corrected chi connectivity index (χ4v) is 0.890. The number of rotatable bonds is 3. The minimum absolute atomic E-state index is 0.0563. The maximum absolute atomic E-state index is 10.6. The van der Waals surface area contributed by atoms with Crippen molar-refractivity contribution < 1.29 is 13.2 Å². The van der Waals surface area contributed by atoms with Gasteiger partial charge in [-0.3, -0.25) is 9.52 Å². The molecule has 0 rings (SSSR count). The highest BCUT2D eigenvalue weighted by Crippen LogP contribution is 1.83. The Bertz CT molecular complexity index is 207. The number of carbonyl (C=O) groups is 1. The molecule has 5 heteroatoms. The van der Waals surface area contributed by atoms with Crippen LogP contribution in [0.2, 0.25) is 0 Å². The van der Waals surface area contributed by atoms with Crippen molar-refractivity contribution in [2.45, 2.75) is 13.3 Å². The van der Waals surface area contributed by atoms with E-state index in [-0.39, 0.29) is 12.2 Å². The zero-order chi connectivity index (χ0) is 8.20. The van der Waals surface area contributed by atoms with Crippen LogP contribution in [0.15, 0.2) is 0 Å². The number of hydrogen-bond acceptors (Lipinski definition) is 3. The molecule has 0 saturated heterocycles. The van der Waals surface area contributed by atoms with Crippen molar-refractivity contribution in [2.75, 3.05) is 5.75 Å². The molecule has 4 nitrogen and oxygen atoms in total. The number of carbonyl (C=O) groups excluding carboxylic acids is 1. The van der Waals surface area contributed by atoms with Crippen LogP contribution in [0.4, 0.5) is 0 Å². The Labute approximate surface area is 60.7 Å². The molecule has 0 aliphatic carbocycles. The van der Waals surface area contributed by atoms with E-state index in [2.05, 4.69) is 6.92 Å². The molecule has 0 saturated carbocycles. The molecule has 1 amide bonds. The van der Waals surface area contributed by atoms with Gasteiger partial charge in [-0.05, 0) is 13.8 Å². The zero-order valence-corrected chi connectivity index (χ0v) is 6.57. The van der Waals surface area contributed by atoms with Gasteiger partial charge in [-0.25, -0.2) is 8.42 Å². The van der Waals surface area contributed by atoms with Crippen LogP contribution in [0.1, 0.15) is 13.3 Å². The van der Waals surface area contributed by atoms with Crippen molar-refractivity contribution in [1.82, 2.24) is 4.72 Å². The summed E-state index contributed by atoms with van der Waals surface area (Å²) in [4.78, 5) is 10.4. The van der Waals surface area contributed by atoms with E-state index in [4.69, 9.17) is 0 Å². The maximum Gasteiger partial charge on any atom is 0.234 e. The first-order valence-electron chi connectivity index (χ1n) is 2.84. The SMILES string of the molecule is [CH2]CC(=O)NS(=O)(=O)CC. The second kappa shape index (κ2) is 3.55. The van der Waals surface area contributed by atoms with Crippen LogP contribution in [0.5, 0.6) is 0 Å². The van der Waals surface area contributed by atoms with Crippen LogP contribution in [-0.2, 0) is 14.8 Å². The molecule has 0 aromatic rings. The van der Waals surface area contributed by atoms with Gasteiger partial charge in [0, 0.05) is 6.42 Å². The molecular weight excluding hydrogens is 154 g/mol. The first-order valence-corrected chi connectivity index (χ1v) is 4.49. The van der Waals surface area contributed by atoms with Crippen molar-refractivity contribution in [3.05, 3.63) is 6.92 Å². The third-order valence-electron chi connectivity index (χ3n) is 0.876. The Balaban J connectivity index is 4.03. The third kappa shape index (κ3) is 3.45. The number of amides is 1. The minimum atomic E-state index is -3.37. The molecule has 0 fully saturated rings. The Morgan fingerprint density at radius 3 is 2.40 bits per heavy atom. The van der Waals surface area contributed by atoms with Gasteiger partial charge >= 0.3 is 0 Å². The topological polar surface area (TPSA) is 63.2 Å². The van der Waals surface area contributed by atoms with E-state index in [0.717, 1.165) is 0 Å². The number of hydrogen-bond donors (Lipinski definition) is 1. The first kappa shape index (κ1) is 9.42. The lowest BCUT2D eigenvalue weighted by atomic mass is 10.5. The molecule has 0 bridgehead atoms. The highest BCUT2D eigenvalue weighted by molar-refractivity contribution is 7.90. The molecule has 0 heterocycles. The van der Waals surface area contributed by atoms with Gasteiger partial charge in [0.1, 0.15) is 0 Å². The van der Waals surface area contributed by atoms with E-state index in [0.29, 0.717) is 0 Å². The third-order valence-corrected chi connectivity index (χ3v) is 2.18. The molecule has 0 aromatic heterocycles. The Hall–Kier alpha value is -0.580. The van der Waals surface area contributed by atoms with Gasteiger partial charge in [-0.1, -0.05) is 0 Å². The summed E-state index contributed by atoms with van der Waals surface area (Å²) in [7, 11) is -3.37. The first-order chi connectivity index (χ1) is 4.52. The second-order valence-electron chi connectivity index (χ2n) is 1.68. The van der Waals surface area contributed by atoms with Gasteiger partial charge in [0.15, 0.2) is 0 Å². The van der Waals surface area contributed by atoms with Crippen LogP contribution in [-0.4, -0.2) is 20.1 Å². The van der Waals surface area contributed by atoms with E-state index in [1.165, 1.54) is 6.92 Å². The normalized spacial score (nSPS) is 11.0. The summed E-state index contributed by atoms with van der Waals surface area (Å²) in [6.45, 7) is 4.68. The lowest BCUT2D eigenvalue weighted by Gasteiger charge is -2.00. The molecule has 0 atom stereocenters. The summed E-state index contributed by atoms with van der Waals surface area (Å²) in [6, 6.07) is 0. The molecule has 0 aliphatic rings. The van der Waals surface area contributed by atoms with E-state index in [1.54, 1.807) is 0 Å². The molecular formula is C5H10NO3S. The summed E-state index contributed by atoms with van der Waals surface area (Å²) in [5.41, 5.74) is 0. The Kier molecular flexibility index (Phi) is 3.35. The van der Waals surface area contributed by atoms with Crippen LogP contribution >= 0.6 is 0 Å². The van der Waals surface area contributed by atoms with E-state index < -0.39 is 15.9 Å². The van der Waals surface area contributed by atoms with E-state index in [1.807, 2.05) is 4.72 Å². The van der Waals surface area contributed by atoms with E-state index >= 15 is 0 Å². The maximum atomic E-state index is 10.6. The van der Waals surface area contributed by atoms with Crippen molar-refractivity contribution >= 4 is 15.9 Å². The fourth-order valence-electron chi connectivity index (χ4n) is 0.297. The molecule has 1 radical (unpaired) electrons. The van der Waals surface area contributed by atoms with Gasteiger partial charge < -0.3 is 0 Å². The van der Waals surface area contributed by atoms with Gasteiger partial charge in [-0.15, -0.1) is 0 Å². The molecule has 0 spiro atoms. The summed E-state index contributed by atoms with van der Waals surface area (Å²) in [5, 5.41) is 0. The summed E-state index contributed by atoms with van der Waals surface area (Å²) >= 11 is 0. The average molecular weight is 164 g/mol. The van der Waals surface area contributed by atoms with Gasteiger partial charge in [0.2, 0.25) is 15.9 Å². The predicted octanol–water partition coefficient (Wildman–Crippen LogP) is -0.324. The lowest BCUT2D eigenvalue weighted by molar-refractivity contribution is -0.118. The monoisotopic (exact) mass is 164 g/mol. The summed E-state index contributed by atoms with van der Waals surface area (Å²) < 4.78 is 23.0. The van der Waals surface area contributed by atoms with Gasteiger partial charge in [-0.2, -0.15) is 0 Å². The number of sulfonamides is 1.